The molecule has 7 heteroatoms. The summed E-state index contributed by atoms with van der Waals surface area (Å²) in [5.74, 6) is 6.66. The molecule has 0 fully saturated rings. The van der Waals surface area contributed by atoms with Crippen LogP contribution in [-0.4, -0.2) is 32.8 Å². The number of benzene rings is 1. The van der Waals surface area contributed by atoms with E-state index in [2.05, 4.69) is 31.7 Å². The molecule has 0 aliphatic carbocycles. The van der Waals surface area contributed by atoms with Crippen LogP contribution in [0.2, 0.25) is 0 Å². The summed E-state index contributed by atoms with van der Waals surface area (Å²) in [6.07, 6.45) is 0.844. The maximum Gasteiger partial charge on any atom is 0.210 e. The Hall–Kier alpha value is -1.31. The van der Waals surface area contributed by atoms with Gasteiger partial charge in [-0.3, -0.25) is 10.4 Å². The molecule has 0 unspecified atom stereocenters. The van der Waals surface area contributed by atoms with Gasteiger partial charge in [-0.15, -0.1) is 0 Å². The second-order valence-corrected chi connectivity index (χ2v) is 4.81. The van der Waals surface area contributed by atoms with E-state index in [4.69, 9.17) is 15.3 Å². The van der Waals surface area contributed by atoms with Gasteiger partial charge in [-0.25, -0.2) is 5.84 Å². The molecule has 0 aliphatic heterocycles. The second-order valence-electron chi connectivity index (χ2n) is 3.89. The van der Waals surface area contributed by atoms with Gasteiger partial charge >= 0.3 is 0 Å². The molecule has 0 aromatic heterocycles. The lowest BCUT2D eigenvalue weighted by Crippen LogP contribution is -2.36. The quantitative estimate of drug-likeness (QED) is 0.232. The van der Waals surface area contributed by atoms with Crippen LogP contribution in [0.5, 0.6) is 5.75 Å². The highest BCUT2D eigenvalue weighted by Crippen LogP contribution is 2.27. The number of hydrogen-bond donors (Lipinski definition) is 3. The number of nitrogens with one attached hydrogen (secondary N) is 2. The van der Waals surface area contributed by atoms with Gasteiger partial charge in [-0.2, -0.15) is 0 Å². The molecular formula is C13H21BrN4O2. The number of aliphatic imine (C=N–C) groups is 1. The van der Waals surface area contributed by atoms with Crippen LogP contribution in [0.25, 0.3) is 0 Å². The molecular weight excluding hydrogens is 324 g/mol. The van der Waals surface area contributed by atoms with Crippen LogP contribution in [0.15, 0.2) is 27.7 Å². The third-order valence-electron chi connectivity index (χ3n) is 2.47. The van der Waals surface area contributed by atoms with E-state index in [1.807, 2.05) is 25.1 Å². The van der Waals surface area contributed by atoms with Crippen LogP contribution in [0.1, 0.15) is 13.3 Å². The predicted octanol–water partition coefficient (Wildman–Crippen LogP) is 2.12. The molecule has 0 saturated heterocycles. The van der Waals surface area contributed by atoms with E-state index in [1.54, 1.807) is 7.11 Å². The Morgan fingerprint density at radius 2 is 2.25 bits per heavy atom. The highest BCUT2D eigenvalue weighted by atomic mass is 79.9. The fraction of sp³-hybridized carbons (Fsp3) is 0.462. The molecule has 0 saturated carbocycles. The predicted molar refractivity (Wildman–Crippen MR) is 85.1 cm³/mol. The summed E-state index contributed by atoms with van der Waals surface area (Å²) in [5.41, 5.74) is 3.32. The van der Waals surface area contributed by atoms with Crippen LogP contribution in [-0.2, 0) is 4.74 Å². The van der Waals surface area contributed by atoms with Crippen molar-refractivity contribution in [3.05, 3.63) is 22.7 Å². The zero-order valence-electron chi connectivity index (χ0n) is 11.8. The summed E-state index contributed by atoms with van der Waals surface area (Å²) < 4.78 is 11.5. The van der Waals surface area contributed by atoms with Gasteiger partial charge in [0.2, 0.25) is 5.96 Å². The normalized spacial score (nSPS) is 11.3. The Morgan fingerprint density at radius 1 is 1.45 bits per heavy atom. The first-order chi connectivity index (χ1) is 9.71. The summed E-state index contributed by atoms with van der Waals surface area (Å²) >= 11 is 3.41. The number of guanidine groups is 1. The topological polar surface area (TPSA) is 80.9 Å². The molecule has 4 N–H and O–H groups in total. The van der Waals surface area contributed by atoms with Crippen molar-refractivity contribution in [2.24, 2.45) is 10.8 Å². The molecule has 0 spiro atoms. The van der Waals surface area contributed by atoms with Crippen LogP contribution >= 0.6 is 15.9 Å². The SMILES string of the molecule is CCOCCCN=C(NN)Nc1cc(Br)ccc1OC. The highest BCUT2D eigenvalue weighted by Gasteiger charge is 2.05. The molecule has 112 valence electrons. The molecule has 6 nitrogen and oxygen atoms in total. The maximum atomic E-state index is 5.46. The van der Waals surface area contributed by atoms with E-state index in [1.165, 1.54) is 0 Å². The first kappa shape index (κ1) is 16.7. The monoisotopic (exact) mass is 344 g/mol. The molecule has 1 aromatic rings. The summed E-state index contributed by atoms with van der Waals surface area (Å²) in [7, 11) is 1.61. The Balaban J connectivity index is 2.63. The minimum atomic E-state index is 0.484. The van der Waals surface area contributed by atoms with Crippen LogP contribution < -0.4 is 21.3 Å². The average molecular weight is 345 g/mol. The molecule has 0 aliphatic rings. The maximum absolute atomic E-state index is 5.46. The van der Waals surface area contributed by atoms with Crippen LogP contribution in [0.3, 0.4) is 0 Å². The zero-order valence-corrected chi connectivity index (χ0v) is 13.4. The third kappa shape index (κ3) is 5.77. The van der Waals surface area contributed by atoms with Gasteiger partial charge in [0.1, 0.15) is 5.75 Å². The summed E-state index contributed by atoms with van der Waals surface area (Å²) in [4.78, 5) is 4.33. The standard InChI is InChI=1S/C13H21BrN4O2/c1-3-20-8-4-7-16-13(18-15)17-11-9-10(14)5-6-12(11)19-2/h5-6,9H,3-4,7-8,15H2,1-2H3,(H2,16,17,18). The third-order valence-corrected chi connectivity index (χ3v) is 2.97. The lowest BCUT2D eigenvalue weighted by Gasteiger charge is -2.13. The summed E-state index contributed by atoms with van der Waals surface area (Å²) in [6.45, 7) is 4.01. The van der Waals surface area contributed by atoms with E-state index < -0.39 is 0 Å². The number of ether oxygens (including phenoxy) is 2. The van der Waals surface area contributed by atoms with Gasteiger partial charge in [0, 0.05) is 24.2 Å². The van der Waals surface area contributed by atoms with Crippen molar-refractivity contribution in [1.82, 2.24) is 5.43 Å². The Kier molecular flexibility index (Phi) is 8.01. The van der Waals surface area contributed by atoms with Crippen molar-refractivity contribution in [2.75, 3.05) is 32.2 Å². The van der Waals surface area contributed by atoms with Gasteiger partial charge < -0.3 is 14.8 Å². The fourth-order valence-electron chi connectivity index (χ4n) is 1.53. The Labute approximate surface area is 127 Å². The second kappa shape index (κ2) is 9.57. The Bertz CT molecular complexity index is 440. The molecule has 20 heavy (non-hydrogen) atoms. The summed E-state index contributed by atoms with van der Waals surface area (Å²) in [6, 6.07) is 5.65. The molecule has 0 bridgehead atoms. The van der Waals surface area contributed by atoms with Crippen LogP contribution in [0, 0.1) is 0 Å². The minimum absolute atomic E-state index is 0.484. The van der Waals surface area contributed by atoms with Crippen molar-refractivity contribution >= 4 is 27.6 Å². The minimum Gasteiger partial charge on any atom is -0.495 e. The lowest BCUT2D eigenvalue weighted by atomic mass is 10.3. The molecule has 0 amide bonds. The largest absolute Gasteiger partial charge is 0.495 e. The molecule has 0 heterocycles. The van der Waals surface area contributed by atoms with Gasteiger partial charge in [-0.1, -0.05) is 15.9 Å². The number of rotatable bonds is 7. The number of hydrazine groups is 1. The van der Waals surface area contributed by atoms with E-state index in [0.29, 0.717) is 24.9 Å². The number of nitrogens with two attached hydrogens (primary N) is 1. The first-order valence-corrected chi connectivity index (χ1v) is 7.20. The summed E-state index contributed by atoms with van der Waals surface area (Å²) in [5, 5.41) is 3.10. The van der Waals surface area contributed by atoms with Gasteiger partial charge in [-0.05, 0) is 31.5 Å². The molecule has 0 atom stereocenters. The van der Waals surface area contributed by atoms with E-state index in [-0.39, 0.29) is 0 Å². The first-order valence-electron chi connectivity index (χ1n) is 6.40. The lowest BCUT2D eigenvalue weighted by molar-refractivity contribution is 0.146. The fourth-order valence-corrected chi connectivity index (χ4v) is 1.89. The number of nitrogens with zero attached hydrogens (tertiary/aromatic N) is 1. The number of anilines is 1. The van der Waals surface area contributed by atoms with Crippen molar-refractivity contribution in [3.63, 3.8) is 0 Å². The molecule has 0 radical (unpaired) electrons. The van der Waals surface area contributed by atoms with E-state index in [9.17, 15) is 0 Å². The highest BCUT2D eigenvalue weighted by molar-refractivity contribution is 9.10. The number of halogens is 1. The van der Waals surface area contributed by atoms with Gasteiger partial charge in [0.15, 0.2) is 0 Å². The zero-order chi connectivity index (χ0) is 14.8. The van der Waals surface area contributed by atoms with E-state index >= 15 is 0 Å². The number of hydrogen-bond acceptors (Lipinski definition) is 4. The van der Waals surface area contributed by atoms with Gasteiger partial charge in [0.25, 0.3) is 0 Å². The smallest absolute Gasteiger partial charge is 0.210 e. The van der Waals surface area contributed by atoms with Crippen molar-refractivity contribution in [1.29, 1.82) is 0 Å². The molecule has 1 aromatic carbocycles. The van der Waals surface area contributed by atoms with Gasteiger partial charge in [0.05, 0.1) is 12.8 Å². The van der Waals surface area contributed by atoms with Crippen molar-refractivity contribution in [3.8, 4) is 5.75 Å². The van der Waals surface area contributed by atoms with Crippen molar-refractivity contribution < 1.29 is 9.47 Å². The molecule has 1 rings (SSSR count). The van der Waals surface area contributed by atoms with E-state index in [0.717, 1.165) is 23.2 Å². The average Bonchev–Trinajstić information content (AvgIpc) is 2.46. The van der Waals surface area contributed by atoms with Crippen molar-refractivity contribution in [2.45, 2.75) is 13.3 Å². The van der Waals surface area contributed by atoms with Crippen LogP contribution in [0.4, 0.5) is 5.69 Å². The number of methoxy groups -OCH3 is 1. The Morgan fingerprint density at radius 3 is 2.90 bits per heavy atom.